The number of alkyl halides is 3. The number of fused-ring (bicyclic) bond motifs is 5. The second-order valence-electron chi connectivity index (χ2n) is 6.27. The number of methoxy groups -OCH3 is 1. The number of ether oxygens (including phenoxy) is 1. The lowest BCUT2D eigenvalue weighted by molar-refractivity contribution is -0.137. The predicted molar refractivity (Wildman–Crippen MR) is 82.2 cm³/mol. The van der Waals surface area contributed by atoms with E-state index < -0.39 is 35.4 Å². The van der Waals surface area contributed by atoms with Crippen LogP contribution in [0.25, 0.3) is 5.69 Å². The van der Waals surface area contributed by atoms with Gasteiger partial charge in [0.15, 0.2) is 0 Å². The first kappa shape index (κ1) is 16.6. The van der Waals surface area contributed by atoms with E-state index in [2.05, 4.69) is 0 Å². The quantitative estimate of drug-likeness (QED) is 0.838. The van der Waals surface area contributed by atoms with Crippen molar-refractivity contribution in [3.63, 3.8) is 0 Å². The second kappa shape index (κ2) is 5.29. The van der Waals surface area contributed by atoms with Gasteiger partial charge in [0.1, 0.15) is 5.69 Å². The minimum atomic E-state index is -4.57. The number of carbonyl (C=O) groups is 1. The number of hydrogen-bond acceptors (Lipinski definition) is 4. The average molecular weight is 369 g/mol. The van der Waals surface area contributed by atoms with E-state index in [-0.39, 0.29) is 24.0 Å². The van der Waals surface area contributed by atoms with E-state index >= 15 is 0 Å². The fourth-order valence-electron chi connectivity index (χ4n) is 3.82. The summed E-state index contributed by atoms with van der Waals surface area (Å²) in [5.41, 5.74) is -1.43. The summed E-state index contributed by atoms with van der Waals surface area (Å²) in [6.45, 7) is 0.246. The summed E-state index contributed by atoms with van der Waals surface area (Å²) in [5.74, 6) is -0.463. The molecule has 1 amide bonds. The molecule has 4 rings (SSSR count). The summed E-state index contributed by atoms with van der Waals surface area (Å²) >= 11 is 0. The van der Waals surface area contributed by atoms with Gasteiger partial charge in [0.25, 0.3) is 0 Å². The number of carbonyl (C=O) groups excluding carboxylic acids is 1. The number of aromatic hydroxyl groups is 1. The maximum absolute atomic E-state index is 12.9. The number of amides is 1. The van der Waals surface area contributed by atoms with Crippen LogP contribution in [0.15, 0.2) is 29.1 Å². The highest BCUT2D eigenvalue weighted by molar-refractivity contribution is 5.69. The van der Waals surface area contributed by atoms with Gasteiger partial charge in [-0.1, -0.05) is 6.07 Å². The number of nitrogens with zero attached hydrogens (tertiary/aromatic N) is 3. The van der Waals surface area contributed by atoms with Gasteiger partial charge >= 0.3 is 18.0 Å². The summed E-state index contributed by atoms with van der Waals surface area (Å²) in [7, 11) is 1.23. The number of imidazole rings is 1. The van der Waals surface area contributed by atoms with Crippen LogP contribution in [0.3, 0.4) is 0 Å². The summed E-state index contributed by atoms with van der Waals surface area (Å²) < 4.78 is 45.7. The molecule has 0 saturated carbocycles. The van der Waals surface area contributed by atoms with Gasteiger partial charge < -0.3 is 9.84 Å². The Balaban J connectivity index is 1.84. The molecule has 1 saturated heterocycles. The van der Waals surface area contributed by atoms with E-state index in [1.54, 1.807) is 0 Å². The van der Waals surface area contributed by atoms with Gasteiger partial charge in [0, 0.05) is 6.54 Å². The molecule has 26 heavy (non-hydrogen) atoms. The van der Waals surface area contributed by atoms with Crippen molar-refractivity contribution in [2.75, 3.05) is 13.7 Å². The van der Waals surface area contributed by atoms with Crippen molar-refractivity contribution in [1.29, 1.82) is 0 Å². The zero-order valence-corrected chi connectivity index (χ0v) is 13.5. The first-order valence-corrected chi connectivity index (χ1v) is 7.82. The lowest BCUT2D eigenvalue weighted by Gasteiger charge is -2.26. The molecule has 2 unspecified atom stereocenters. The monoisotopic (exact) mass is 369 g/mol. The molecule has 7 nitrogen and oxygen atoms in total. The molecule has 2 bridgehead atoms. The van der Waals surface area contributed by atoms with Gasteiger partial charge in [-0.05, 0) is 24.6 Å². The summed E-state index contributed by atoms with van der Waals surface area (Å²) in [5, 5.41) is 10.6. The number of likely N-dealkylation sites (tertiary alicyclic amines) is 1. The topological polar surface area (TPSA) is 76.7 Å². The zero-order chi connectivity index (χ0) is 18.8. The smallest absolute Gasteiger partial charge is 0.416 e. The van der Waals surface area contributed by atoms with Gasteiger partial charge in [-0.15, -0.1) is 0 Å². The highest BCUT2D eigenvalue weighted by Crippen LogP contribution is 2.48. The molecular weight excluding hydrogens is 355 g/mol. The molecule has 1 fully saturated rings. The van der Waals surface area contributed by atoms with Crippen molar-refractivity contribution in [2.24, 2.45) is 0 Å². The number of benzene rings is 1. The van der Waals surface area contributed by atoms with E-state index in [1.165, 1.54) is 28.7 Å². The van der Waals surface area contributed by atoms with Gasteiger partial charge in [0.2, 0.25) is 5.88 Å². The lowest BCUT2D eigenvalue weighted by atomic mass is 10.2. The van der Waals surface area contributed by atoms with Crippen LogP contribution in [-0.4, -0.2) is 38.9 Å². The Kier molecular flexibility index (Phi) is 3.37. The Bertz CT molecular complexity index is 963. The van der Waals surface area contributed by atoms with Gasteiger partial charge in [-0.3, -0.25) is 9.47 Å². The molecule has 1 aromatic carbocycles. The molecular formula is C16H14F3N3O4. The average Bonchev–Trinajstić information content (AvgIpc) is 3.25. The van der Waals surface area contributed by atoms with Crippen molar-refractivity contribution in [3.8, 4) is 11.6 Å². The second-order valence-corrected chi connectivity index (χ2v) is 6.27. The number of hydrogen-bond donors (Lipinski definition) is 1. The largest absolute Gasteiger partial charge is 0.493 e. The summed E-state index contributed by atoms with van der Waals surface area (Å²) in [4.78, 5) is 26.0. The highest BCUT2D eigenvalue weighted by Gasteiger charge is 2.49. The third-order valence-corrected chi connectivity index (χ3v) is 4.90. The predicted octanol–water partition coefficient (Wildman–Crippen LogP) is 2.43. The Hall–Kier alpha value is -2.91. The molecule has 0 radical (unpaired) electrons. The molecule has 0 spiro atoms. The van der Waals surface area contributed by atoms with E-state index in [9.17, 15) is 27.9 Å². The summed E-state index contributed by atoms with van der Waals surface area (Å²) in [6.07, 6.45) is -4.70. The molecule has 2 aliphatic heterocycles. The highest BCUT2D eigenvalue weighted by atomic mass is 19.4. The maximum Gasteiger partial charge on any atom is 0.416 e. The minimum absolute atomic E-state index is 0.0896. The first-order valence-electron chi connectivity index (χ1n) is 7.82. The maximum atomic E-state index is 12.9. The Labute approximate surface area is 144 Å². The summed E-state index contributed by atoms with van der Waals surface area (Å²) in [6, 6.07) is 3.27. The van der Waals surface area contributed by atoms with E-state index in [4.69, 9.17) is 4.74 Å². The van der Waals surface area contributed by atoms with Crippen molar-refractivity contribution in [1.82, 2.24) is 14.0 Å². The molecule has 2 aromatic rings. The van der Waals surface area contributed by atoms with Crippen LogP contribution in [0.2, 0.25) is 0 Å². The Morgan fingerprint density at radius 2 is 2.08 bits per heavy atom. The van der Waals surface area contributed by atoms with Crippen LogP contribution < -0.4 is 5.69 Å². The van der Waals surface area contributed by atoms with Crippen molar-refractivity contribution >= 4 is 6.09 Å². The zero-order valence-electron chi connectivity index (χ0n) is 13.5. The van der Waals surface area contributed by atoms with Crippen LogP contribution >= 0.6 is 0 Å². The number of rotatable bonds is 1. The Morgan fingerprint density at radius 3 is 2.73 bits per heavy atom. The van der Waals surface area contributed by atoms with E-state index in [0.29, 0.717) is 6.42 Å². The Morgan fingerprint density at radius 1 is 1.35 bits per heavy atom. The van der Waals surface area contributed by atoms with Crippen molar-refractivity contribution in [2.45, 2.75) is 24.7 Å². The molecule has 0 aliphatic carbocycles. The van der Waals surface area contributed by atoms with Crippen LogP contribution in [0.4, 0.5) is 18.0 Å². The van der Waals surface area contributed by atoms with Gasteiger partial charge in [-0.2, -0.15) is 13.2 Å². The molecule has 10 heteroatoms. The SMILES string of the molecule is COC(=O)N1CC2CC1c1c(O)n(-c3cccc(C(F)(F)F)c3)c(=O)n12. The van der Waals surface area contributed by atoms with Crippen molar-refractivity contribution < 1.29 is 27.8 Å². The van der Waals surface area contributed by atoms with Crippen LogP contribution in [0.5, 0.6) is 5.88 Å². The van der Waals surface area contributed by atoms with Crippen LogP contribution in [-0.2, 0) is 10.9 Å². The molecule has 2 atom stereocenters. The molecule has 2 aliphatic rings. The molecule has 3 heterocycles. The third-order valence-electron chi connectivity index (χ3n) is 4.90. The molecule has 1 N–H and O–H groups in total. The number of halogens is 3. The minimum Gasteiger partial charge on any atom is -0.493 e. The standard InChI is InChI=1S/C16H14F3N3O4/c1-26-15(25)20-7-10-6-11(20)12-13(23)22(14(24)21(10)12)9-4-2-3-8(5-9)16(17,18)19/h2-5,10-11,23H,6-7H2,1H3. The van der Waals surface area contributed by atoms with E-state index in [0.717, 1.165) is 16.7 Å². The fraction of sp³-hybridized carbons (Fsp3) is 0.375. The van der Waals surface area contributed by atoms with Crippen LogP contribution in [0, 0.1) is 0 Å². The number of aromatic nitrogens is 2. The fourth-order valence-corrected chi connectivity index (χ4v) is 3.82. The third kappa shape index (κ3) is 2.14. The van der Waals surface area contributed by atoms with E-state index in [1.807, 2.05) is 0 Å². The van der Waals surface area contributed by atoms with Crippen LogP contribution in [0.1, 0.15) is 29.8 Å². The van der Waals surface area contributed by atoms with Crippen molar-refractivity contribution in [3.05, 3.63) is 46.0 Å². The first-order chi connectivity index (χ1) is 12.2. The molecule has 1 aromatic heterocycles. The van der Waals surface area contributed by atoms with Gasteiger partial charge in [-0.25, -0.2) is 14.2 Å². The normalized spacial score (nSPS) is 21.2. The lowest BCUT2D eigenvalue weighted by Crippen LogP contribution is -2.37. The van der Waals surface area contributed by atoms with Gasteiger partial charge in [0.05, 0.1) is 30.4 Å². The molecule has 138 valence electrons.